The summed E-state index contributed by atoms with van der Waals surface area (Å²) in [5.41, 5.74) is 3.33. The molecule has 0 aliphatic carbocycles. The SMILES string of the molecule is COc1ccc(CN(C)CC(O)c2ccccc2C)cc1. The van der Waals surface area contributed by atoms with Crippen LogP contribution in [0.15, 0.2) is 48.5 Å². The van der Waals surface area contributed by atoms with Crippen molar-refractivity contribution in [1.29, 1.82) is 0 Å². The fourth-order valence-corrected chi connectivity index (χ4v) is 2.46. The van der Waals surface area contributed by atoms with Gasteiger partial charge in [0.2, 0.25) is 0 Å². The van der Waals surface area contributed by atoms with Gasteiger partial charge in [0.15, 0.2) is 0 Å². The van der Waals surface area contributed by atoms with E-state index in [1.165, 1.54) is 5.56 Å². The van der Waals surface area contributed by atoms with Crippen LogP contribution in [-0.4, -0.2) is 30.7 Å². The van der Waals surface area contributed by atoms with Crippen molar-refractivity contribution in [2.24, 2.45) is 0 Å². The van der Waals surface area contributed by atoms with E-state index in [2.05, 4.69) is 17.0 Å². The first kappa shape index (κ1) is 15.5. The molecule has 0 saturated carbocycles. The molecular formula is C18H23NO2. The lowest BCUT2D eigenvalue weighted by Gasteiger charge is -2.22. The van der Waals surface area contributed by atoms with Crippen molar-refractivity contribution in [2.75, 3.05) is 20.7 Å². The second-order valence-electron chi connectivity index (χ2n) is 5.42. The number of ether oxygens (including phenoxy) is 1. The summed E-state index contributed by atoms with van der Waals surface area (Å²) >= 11 is 0. The Kier molecular flexibility index (Phi) is 5.37. The highest BCUT2D eigenvalue weighted by molar-refractivity contribution is 5.28. The average Bonchev–Trinajstić information content (AvgIpc) is 2.48. The van der Waals surface area contributed by atoms with Crippen molar-refractivity contribution in [3.05, 3.63) is 65.2 Å². The van der Waals surface area contributed by atoms with Crippen LogP contribution in [0, 0.1) is 6.92 Å². The molecule has 112 valence electrons. The minimum Gasteiger partial charge on any atom is -0.497 e. The summed E-state index contributed by atoms with van der Waals surface area (Å²) < 4.78 is 5.16. The zero-order valence-corrected chi connectivity index (χ0v) is 12.9. The first-order chi connectivity index (χ1) is 10.1. The first-order valence-corrected chi connectivity index (χ1v) is 7.15. The summed E-state index contributed by atoms with van der Waals surface area (Å²) in [5.74, 6) is 0.862. The minimum atomic E-state index is -0.463. The third kappa shape index (κ3) is 4.31. The van der Waals surface area contributed by atoms with Gasteiger partial charge in [-0.05, 0) is 42.8 Å². The van der Waals surface area contributed by atoms with Crippen molar-refractivity contribution in [3.63, 3.8) is 0 Å². The number of methoxy groups -OCH3 is 1. The average molecular weight is 285 g/mol. The minimum absolute atomic E-state index is 0.463. The van der Waals surface area contributed by atoms with Gasteiger partial charge in [0, 0.05) is 13.1 Å². The summed E-state index contributed by atoms with van der Waals surface area (Å²) in [7, 11) is 3.69. The van der Waals surface area contributed by atoms with Gasteiger partial charge in [-0.2, -0.15) is 0 Å². The molecule has 0 saturated heterocycles. The van der Waals surface area contributed by atoms with Crippen LogP contribution in [0.4, 0.5) is 0 Å². The first-order valence-electron chi connectivity index (χ1n) is 7.15. The van der Waals surface area contributed by atoms with Crippen molar-refractivity contribution in [2.45, 2.75) is 19.6 Å². The van der Waals surface area contributed by atoms with E-state index < -0.39 is 6.10 Å². The van der Waals surface area contributed by atoms with Gasteiger partial charge in [-0.25, -0.2) is 0 Å². The molecule has 1 unspecified atom stereocenters. The molecule has 0 aliphatic heterocycles. The van der Waals surface area contributed by atoms with Gasteiger partial charge in [0.1, 0.15) is 5.75 Å². The summed E-state index contributed by atoms with van der Waals surface area (Å²) in [6.45, 7) is 3.44. The molecule has 0 heterocycles. The van der Waals surface area contributed by atoms with Crippen LogP contribution in [0.5, 0.6) is 5.75 Å². The predicted octanol–water partition coefficient (Wildman–Crippen LogP) is 3.17. The molecule has 2 aromatic carbocycles. The summed E-state index contributed by atoms with van der Waals surface area (Å²) in [6.07, 6.45) is -0.463. The molecule has 1 N–H and O–H groups in total. The van der Waals surface area contributed by atoms with Gasteiger partial charge >= 0.3 is 0 Å². The molecule has 0 fully saturated rings. The Morgan fingerprint density at radius 1 is 1.10 bits per heavy atom. The number of nitrogens with zero attached hydrogens (tertiary/aromatic N) is 1. The second kappa shape index (κ2) is 7.25. The van der Waals surface area contributed by atoms with Crippen LogP contribution >= 0.6 is 0 Å². The van der Waals surface area contributed by atoms with Gasteiger partial charge in [-0.3, -0.25) is 4.90 Å². The molecule has 21 heavy (non-hydrogen) atoms. The van der Waals surface area contributed by atoms with E-state index in [9.17, 15) is 5.11 Å². The molecule has 2 rings (SSSR count). The molecule has 2 aromatic rings. The largest absolute Gasteiger partial charge is 0.497 e. The van der Waals surface area contributed by atoms with Crippen LogP contribution in [0.25, 0.3) is 0 Å². The number of benzene rings is 2. The zero-order chi connectivity index (χ0) is 15.2. The summed E-state index contributed by atoms with van der Waals surface area (Å²) in [4.78, 5) is 2.12. The lowest BCUT2D eigenvalue weighted by molar-refractivity contribution is 0.123. The highest BCUT2D eigenvalue weighted by Gasteiger charge is 2.12. The van der Waals surface area contributed by atoms with Crippen LogP contribution < -0.4 is 4.74 Å². The molecule has 0 spiro atoms. The molecule has 1 atom stereocenters. The monoisotopic (exact) mass is 285 g/mol. The van der Waals surface area contributed by atoms with E-state index in [1.54, 1.807) is 7.11 Å². The fourth-order valence-electron chi connectivity index (χ4n) is 2.46. The van der Waals surface area contributed by atoms with E-state index in [0.717, 1.165) is 23.4 Å². The summed E-state index contributed by atoms with van der Waals surface area (Å²) in [6, 6.07) is 16.0. The lowest BCUT2D eigenvalue weighted by Crippen LogP contribution is -2.24. The van der Waals surface area contributed by atoms with E-state index in [-0.39, 0.29) is 0 Å². The molecule has 3 nitrogen and oxygen atoms in total. The Morgan fingerprint density at radius 2 is 1.76 bits per heavy atom. The van der Waals surface area contributed by atoms with E-state index in [4.69, 9.17) is 4.74 Å². The van der Waals surface area contributed by atoms with Crippen LogP contribution in [0.3, 0.4) is 0 Å². The molecule has 0 amide bonds. The Labute approximate surface area is 126 Å². The summed E-state index contributed by atoms with van der Waals surface area (Å²) in [5, 5.41) is 10.4. The third-order valence-corrected chi connectivity index (χ3v) is 3.64. The number of hydrogen-bond acceptors (Lipinski definition) is 3. The number of hydrogen-bond donors (Lipinski definition) is 1. The molecule has 0 bridgehead atoms. The predicted molar refractivity (Wildman–Crippen MR) is 85.5 cm³/mol. The Balaban J connectivity index is 1.94. The fraction of sp³-hybridized carbons (Fsp3) is 0.333. The molecule has 0 aromatic heterocycles. The van der Waals surface area contributed by atoms with E-state index >= 15 is 0 Å². The Bertz CT molecular complexity index is 566. The number of rotatable bonds is 6. The maximum absolute atomic E-state index is 10.4. The normalized spacial score (nSPS) is 12.4. The Hall–Kier alpha value is -1.84. The second-order valence-corrected chi connectivity index (χ2v) is 5.42. The third-order valence-electron chi connectivity index (χ3n) is 3.64. The smallest absolute Gasteiger partial charge is 0.118 e. The van der Waals surface area contributed by atoms with Crippen LogP contribution in [0.2, 0.25) is 0 Å². The van der Waals surface area contributed by atoms with Gasteiger partial charge in [-0.1, -0.05) is 36.4 Å². The standard InChI is InChI=1S/C18H23NO2/c1-14-6-4-5-7-17(14)18(20)13-19(2)12-15-8-10-16(21-3)11-9-15/h4-11,18,20H,12-13H2,1-3H3. The van der Waals surface area contributed by atoms with Gasteiger partial charge < -0.3 is 9.84 Å². The van der Waals surface area contributed by atoms with Crippen molar-refractivity contribution in [1.82, 2.24) is 4.90 Å². The quantitative estimate of drug-likeness (QED) is 0.885. The molecule has 3 heteroatoms. The number of aliphatic hydroxyl groups excluding tert-OH is 1. The van der Waals surface area contributed by atoms with E-state index in [0.29, 0.717) is 6.54 Å². The highest BCUT2D eigenvalue weighted by Crippen LogP contribution is 2.19. The number of aliphatic hydroxyl groups is 1. The van der Waals surface area contributed by atoms with E-state index in [1.807, 2.05) is 50.4 Å². The van der Waals surface area contributed by atoms with Gasteiger partial charge in [0.05, 0.1) is 13.2 Å². The van der Waals surface area contributed by atoms with Gasteiger partial charge in [0.25, 0.3) is 0 Å². The zero-order valence-electron chi connectivity index (χ0n) is 12.9. The van der Waals surface area contributed by atoms with Crippen LogP contribution in [0.1, 0.15) is 22.8 Å². The molecular weight excluding hydrogens is 262 g/mol. The van der Waals surface area contributed by atoms with Crippen molar-refractivity contribution in [3.8, 4) is 5.75 Å². The number of aryl methyl sites for hydroxylation is 1. The highest BCUT2D eigenvalue weighted by atomic mass is 16.5. The topological polar surface area (TPSA) is 32.7 Å². The Morgan fingerprint density at radius 3 is 2.38 bits per heavy atom. The van der Waals surface area contributed by atoms with Gasteiger partial charge in [-0.15, -0.1) is 0 Å². The maximum atomic E-state index is 10.4. The number of likely N-dealkylation sites (N-methyl/N-ethyl adjacent to an activating group) is 1. The maximum Gasteiger partial charge on any atom is 0.118 e. The molecule has 0 aliphatic rings. The van der Waals surface area contributed by atoms with Crippen molar-refractivity contribution >= 4 is 0 Å². The molecule has 0 radical (unpaired) electrons. The van der Waals surface area contributed by atoms with Crippen LogP contribution in [-0.2, 0) is 6.54 Å². The lowest BCUT2D eigenvalue weighted by atomic mass is 10.0. The van der Waals surface area contributed by atoms with Crippen molar-refractivity contribution < 1.29 is 9.84 Å².